The second-order valence-corrected chi connectivity index (χ2v) is 7.94. The fourth-order valence-electron chi connectivity index (χ4n) is 2.27. The Labute approximate surface area is 128 Å². The fraction of sp³-hybridized carbons (Fsp3) is 0.625. The van der Waals surface area contributed by atoms with Gasteiger partial charge in [-0.3, -0.25) is 4.90 Å². The summed E-state index contributed by atoms with van der Waals surface area (Å²) in [7, 11) is -3.19. The molecule has 1 N–H and O–H groups in total. The number of hydrogen-bond donors (Lipinski definition) is 1. The summed E-state index contributed by atoms with van der Waals surface area (Å²) >= 11 is 0. The lowest BCUT2D eigenvalue weighted by molar-refractivity contribution is 0.0808. The highest BCUT2D eigenvalue weighted by atomic mass is 32.2. The Morgan fingerprint density at radius 3 is 2.05 bits per heavy atom. The Hall–Kier alpha value is -0.910. The number of aliphatic hydroxyl groups excluding tert-OH is 1. The Kier molecular flexibility index (Phi) is 6.38. The third kappa shape index (κ3) is 5.09. The number of hydrogen-bond acceptors (Lipinski definition) is 4. The summed E-state index contributed by atoms with van der Waals surface area (Å²) in [4.78, 5) is 2.51. The summed E-state index contributed by atoms with van der Waals surface area (Å²) in [5, 5.41) is 10.4. The maximum Gasteiger partial charge on any atom is 0.175 e. The largest absolute Gasteiger partial charge is 0.387 e. The van der Waals surface area contributed by atoms with Crippen molar-refractivity contribution in [3.05, 3.63) is 29.8 Å². The molecule has 0 radical (unpaired) electrons. The molecule has 2 unspecified atom stereocenters. The van der Waals surface area contributed by atoms with E-state index in [4.69, 9.17) is 0 Å². The zero-order valence-electron chi connectivity index (χ0n) is 13.6. The maximum atomic E-state index is 11.4. The summed E-state index contributed by atoms with van der Waals surface area (Å²) in [6.45, 7) is 10.00. The van der Waals surface area contributed by atoms with Gasteiger partial charge in [-0.25, -0.2) is 8.42 Å². The minimum Gasteiger partial charge on any atom is -0.387 e. The predicted molar refractivity (Wildman–Crippen MR) is 86.1 cm³/mol. The molecule has 0 saturated heterocycles. The van der Waals surface area contributed by atoms with Crippen molar-refractivity contribution in [1.29, 1.82) is 0 Å². The molecule has 0 saturated carbocycles. The average molecular weight is 313 g/mol. The molecule has 4 nitrogen and oxygen atoms in total. The molecule has 21 heavy (non-hydrogen) atoms. The molecule has 1 aromatic carbocycles. The highest BCUT2D eigenvalue weighted by Gasteiger charge is 2.20. The Bertz CT molecular complexity index is 537. The van der Waals surface area contributed by atoms with Crippen molar-refractivity contribution < 1.29 is 13.5 Å². The molecular formula is C16H27NO3S. The van der Waals surface area contributed by atoms with Crippen LogP contribution in [0.25, 0.3) is 0 Å². The highest BCUT2D eigenvalue weighted by Crippen LogP contribution is 2.20. The van der Waals surface area contributed by atoms with Gasteiger partial charge >= 0.3 is 0 Å². The second-order valence-electron chi connectivity index (χ2n) is 5.93. The van der Waals surface area contributed by atoms with Crippen LogP contribution in [0.2, 0.25) is 0 Å². The molecule has 0 aliphatic carbocycles. The van der Waals surface area contributed by atoms with E-state index in [0.717, 1.165) is 12.1 Å². The molecule has 0 bridgehead atoms. The van der Waals surface area contributed by atoms with Crippen LogP contribution in [0.15, 0.2) is 29.2 Å². The number of aliphatic hydroxyl groups is 1. The lowest BCUT2D eigenvalue weighted by Gasteiger charge is -2.32. The van der Waals surface area contributed by atoms with Crippen LogP contribution in [0.1, 0.15) is 39.4 Å². The molecule has 0 aliphatic heterocycles. The number of nitrogens with zero attached hydrogens (tertiary/aromatic N) is 1. The molecule has 1 rings (SSSR count). The van der Waals surface area contributed by atoms with Crippen LogP contribution in [0.5, 0.6) is 0 Å². The van der Waals surface area contributed by atoms with Gasteiger partial charge in [0.05, 0.1) is 11.0 Å². The third-order valence-electron chi connectivity index (χ3n) is 4.05. The van der Waals surface area contributed by atoms with E-state index in [0.29, 0.717) is 18.5 Å². The first kappa shape index (κ1) is 18.1. The normalized spacial score (nSPS) is 15.4. The van der Waals surface area contributed by atoms with Crippen molar-refractivity contribution in [1.82, 2.24) is 4.90 Å². The molecule has 120 valence electrons. The van der Waals surface area contributed by atoms with Crippen molar-refractivity contribution in [2.24, 2.45) is 5.92 Å². The predicted octanol–water partition coefficient (Wildman–Crippen LogP) is 2.49. The zero-order valence-corrected chi connectivity index (χ0v) is 14.4. The van der Waals surface area contributed by atoms with Gasteiger partial charge in [-0.05, 0) is 37.1 Å². The molecule has 0 spiro atoms. The topological polar surface area (TPSA) is 57.6 Å². The van der Waals surface area contributed by atoms with Crippen molar-refractivity contribution in [3.63, 3.8) is 0 Å². The molecular weight excluding hydrogens is 286 g/mol. The second kappa shape index (κ2) is 7.38. The Morgan fingerprint density at radius 1 is 1.14 bits per heavy atom. The average Bonchev–Trinajstić information content (AvgIpc) is 2.42. The summed E-state index contributed by atoms with van der Waals surface area (Å²) in [6.07, 6.45) is 0.571. The van der Waals surface area contributed by atoms with Crippen molar-refractivity contribution >= 4 is 9.84 Å². The smallest absolute Gasteiger partial charge is 0.175 e. The minimum atomic E-state index is -3.19. The Morgan fingerprint density at radius 2 is 1.67 bits per heavy atom. The monoisotopic (exact) mass is 313 g/mol. The van der Waals surface area contributed by atoms with Gasteiger partial charge in [0.1, 0.15) is 0 Å². The van der Waals surface area contributed by atoms with E-state index in [1.807, 2.05) is 0 Å². The van der Waals surface area contributed by atoms with Gasteiger partial charge < -0.3 is 5.11 Å². The van der Waals surface area contributed by atoms with Crippen LogP contribution in [-0.2, 0) is 9.84 Å². The first-order valence-electron chi connectivity index (χ1n) is 7.39. The van der Waals surface area contributed by atoms with Gasteiger partial charge in [0.2, 0.25) is 0 Å². The van der Waals surface area contributed by atoms with Crippen molar-refractivity contribution in [2.45, 2.75) is 44.7 Å². The summed E-state index contributed by atoms with van der Waals surface area (Å²) in [6, 6.07) is 6.87. The quantitative estimate of drug-likeness (QED) is 0.840. The number of likely N-dealkylation sites (N-methyl/N-ethyl adjacent to an activating group) is 1. The van der Waals surface area contributed by atoms with E-state index in [1.54, 1.807) is 24.3 Å². The zero-order chi connectivity index (χ0) is 16.2. The van der Waals surface area contributed by atoms with Crippen LogP contribution < -0.4 is 0 Å². The highest BCUT2D eigenvalue weighted by molar-refractivity contribution is 7.90. The fourth-order valence-corrected chi connectivity index (χ4v) is 2.90. The van der Waals surface area contributed by atoms with Crippen molar-refractivity contribution in [3.8, 4) is 0 Å². The summed E-state index contributed by atoms with van der Waals surface area (Å²) < 4.78 is 22.9. The molecule has 0 fully saturated rings. The van der Waals surface area contributed by atoms with Gasteiger partial charge in [-0.2, -0.15) is 0 Å². The van der Waals surface area contributed by atoms with E-state index in [-0.39, 0.29) is 4.90 Å². The Balaban J connectivity index is 2.81. The molecule has 0 aliphatic rings. The molecule has 5 heteroatoms. The van der Waals surface area contributed by atoms with Crippen LogP contribution >= 0.6 is 0 Å². The number of sulfone groups is 1. The van der Waals surface area contributed by atoms with Crippen LogP contribution in [0, 0.1) is 5.92 Å². The lowest BCUT2D eigenvalue weighted by atomic mass is 10.0. The van der Waals surface area contributed by atoms with Crippen LogP contribution in [0.4, 0.5) is 0 Å². The lowest BCUT2D eigenvalue weighted by Crippen LogP contribution is -2.39. The van der Waals surface area contributed by atoms with E-state index < -0.39 is 15.9 Å². The van der Waals surface area contributed by atoms with E-state index in [1.165, 1.54) is 6.26 Å². The van der Waals surface area contributed by atoms with Crippen LogP contribution in [-0.4, -0.2) is 43.8 Å². The first-order chi connectivity index (χ1) is 9.66. The number of rotatable bonds is 7. The standard InChI is InChI=1S/C16H27NO3S/c1-6-17(13(4)12(2)3)11-16(18)14-7-9-15(10-8-14)21(5,19)20/h7-10,12-13,16,18H,6,11H2,1-5H3. The van der Waals surface area contributed by atoms with Crippen molar-refractivity contribution in [2.75, 3.05) is 19.3 Å². The SMILES string of the molecule is CCN(CC(O)c1ccc(S(C)(=O)=O)cc1)C(C)C(C)C. The van der Waals surface area contributed by atoms with Gasteiger partial charge in [0.15, 0.2) is 9.84 Å². The summed E-state index contributed by atoms with van der Waals surface area (Å²) in [5.41, 5.74) is 0.747. The minimum absolute atomic E-state index is 0.279. The van der Waals surface area contributed by atoms with Gasteiger partial charge in [-0.1, -0.05) is 32.9 Å². The van der Waals surface area contributed by atoms with E-state index in [9.17, 15) is 13.5 Å². The molecule has 0 heterocycles. The third-order valence-corrected chi connectivity index (χ3v) is 5.18. The molecule has 0 amide bonds. The van der Waals surface area contributed by atoms with Gasteiger partial charge in [0.25, 0.3) is 0 Å². The summed E-state index contributed by atoms with van der Waals surface area (Å²) in [5.74, 6) is 0.518. The van der Waals surface area contributed by atoms with E-state index >= 15 is 0 Å². The molecule has 1 aromatic rings. The van der Waals surface area contributed by atoms with Gasteiger partial charge in [0, 0.05) is 18.8 Å². The molecule has 0 aromatic heterocycles. The first-order valence-corrected chi connectivity index (χ1v) is 9.28. The number of benzene rings is 1. The van der Waals surface area contributed by atoms with E-state index in [2.05, 4.69) is 32.6 Å². The maximum absolute atomic E-state index is 11.4. The molecule has 2 atom stereocenters. The van der Waals surface area contributed by atoms with Gasteiger partial charge in [-0.15, -0.1) is 0 Å². The van der Waals surface area contributed by atoms with Crippen LogP contribution in [0.3, 0.4) is 0 Å².